The van der Waals surface area contributed by atoms with Gasteiger partial charge >= 0.3 is 0 Å². The number of rotatable bonds is 9. The van der Waals surface area contributed by atoms with Crippen LogP contribution in [0.3, 0.4) is 0 Å². The summed E-state index contributed by atoms with van der Waals surface area (Å²) >= 11 is 3.26. The molecule has 1 unspecified atom stereocenters. The van der Waals surface area contributed by atoms with Gasteiger partial charge in [-0.05, 0) is 51.6 Å². The van der Waals surface area contributed by atoms with E-state index in [9.17, 15) is 5.26 Å². The Morgan fingerprint density at radius 1 is 1.45 bits per heavy atom. The molecule has 0 fully saturated rings. The number of thioether (sulfide) groups is 1. The number of aromatic nitrogens is 2. The van der Waals surface area contributed by atoms with Gasteiger partial charge in [-0.1, -0.05) is 18.7 Å². The van der Waals surface area contributed by atoms with Crippen LogP contribution >= 0.6 is 23.3 Å². The molecule has 0 aliphatic carbocycles. The lowest BCUT2D eigenvalue weighted by Crippen LogP contribution is -2.44. The first kappa shape index (κ1) is 17.4. The van der Waals surface area contributed by atoms with E-state index in [1.165, 1.54) is 11.5 Å². The first-order valence-corrected chi connectivity index (χ1v) is 8.89. The van der Waals surface area contributed by atoms with Crippen LogP contribution in [-0.4, -0.2) is 26.7 Å². The lowest BCUT2D eigenvalue weighted by Gasteiger charge is -2.25. The van der Waals surface area contributed by atoms with Crippen molar-refractivity contribution >= 4 is 23.3 Å². The summed E-state index contributed by atoms with van der Waals surface area (Å²) in [6.45, 7) is 8.21. The van der Waals surface area contributed by atoms with Gasteiger partial charge in [0.05, 0.1) is 6.07 Å². The second kappa shape index (κ2) is 8.60. The summed E-state index contributed by atoms with van der Waals surface area (Å²) in [7, 11) is 0. The minimum absolute atomic E-state index is 0.336. The van der Waals surface area contributed by atoms with Crippen LogP contribution in [0.25, 0.3) is 0 Å². The molecule has 1 atom stereocenters. The molecule has 20 heavy (non-hydrogen) atoms. The van der Waals surface area contributed by atoms with E-state index in [0.717, 1.165) is 41.6 Å². The fraction of sp³-hybridized carbons (Fsp3) is 0.786. The van der Waals surface area contributed by atoms with Gasteiger partial charge in [0.25, 0.3) is 0 Å². The summed E-state index contributed by atoms with van der Waals surface area (Å²) in [5.74, 6) is 1.98. The predicted octanol–water partition coefficient (Wildman–Crippen LogP) is 3.64. The fourth-order valence-electron chi connectivity index (χ4n) is 1.98. The zero-order valence-electron chi connectivity index (χ0n) is 12.8. The third-order valence-corrected chi connectivity index (χ3v) is 4.87. The number of unbranched alkanes of at least 4 members (excludes halogenated alkanes) is 1. The molecule has 0 aliphatic heterocycles. The number of hydrogen-bond acceptors (Lipinski definition) is 6. The van der Waals surface area contributed by atoms with Crippen LogP contribution in [0.4, 0.5) is 0 Å². The highest BCUT2D eigenvalue weighted by Crippen LogP contribution is 2.23. The van der Waals surface area contributed by atoms with Crippen molar-refractivity contribution in [2.75, 3.05) is 5.75 Å². The molecule has 6 heteroatoms. The van der Waals surface area contributed by atoms with Crippen molar-refractivity contribution in [2.24, 2.45) is 0 Å². The van der Waals surface area contributed by atoms with Crippen molar-refractivity contribution in [2.45, 2.75) is 69.3 Å². The largest absolute Gasteiger partial charge is 0.297 e. The lowest BCUT2D eigenvalue weighted by atomic mass is 9.96. The number of nitrogens with zero attached hydrogens (tertiary/aromatic N) is 3. The Morgan fingerprint density at radius 3 is 2.75 bits per heavy atom. The molecule has 1 heterocycles. The standard InChI is InChI=1S/C14H24N4S2/c1-5-12-16-13(20-18-12)19-9-7-6-8-14(4,10-15)17-11(2)3/h11,17H,5-9H2,1-4H3. The summed E-state index contributed by atoms with van der Waals surface area (Å²) in [5, 5.41) is 12.6. The number of nitrogens with one attached hydrogen (secondary N) is 1. The van der Waals surface area contributed by atoms with Crippen molar-refractivity contribution in [1.82, 2.24) is 14.7 Å². The van der Waals surface area contributed by atoms with E-state index in [1.807, 2.05) is 6.92 Å². The molecule has 0 aliphatic rings. The molecule has 4 nitrogen and oxygen atoms in total. The van der Waals surface area contributed by atoms with E-state index in [-0.39, 0.29) is 0 Å². The molecule has 112 valence electrons. The van der Waals surface area contributed by atoms with Crippen molar-refractivity contribution in [3.63, 3.8) is 0 Å². The summed E-state index contributed by atoms with van der Waals surface area (Å²) in [5.41, 5.74) is -0.406. The van der Waals surface area contributed by atoms with E-state index in [1.54, 1.807) is 11.8 Å². The third-order valence-electron chi connectivity index (χ3n) is 2.92. The summed E-state index contributed by atoms with van der Waals surface area (Å²) < 4.78 is 5.34. The van der Waals surface area contributed by atoms with Gasteiger partial charge in [0.1, 0.15) is 11.4 Å². The molecule has 1 N–H and O–H groups in total. The van der Waals surface area contributed by atoms with E-state index < -0.39 is 5.54 Å². The van der Waals surface area contributed by atoms with Crippen LogP contribution in [-0.2, 0) is 6.42 Å². The Morgan fingerprint density at radius 2 is 2.20 bits per heavy atom. The lowest BCUT2D eigenvalue weighted by molar-refractivity contribution is 0.372. The Hall–Kier alpha value is -0.640. The average Bonchev–Trinajstić information content (AvgIpc) is 2.85. The molecule has 1 aromatic rings. The van der Waals surface area contributed by atoms with Crippen LogP contribution in [0.1, 0.15) is 52.8 Å². The Bertz CT molecular complexity index is 439. The van der Waals surface area contributed by atoms with E-state index >= 15 is 0 Å². The Balaban J connectivity index is 2.22. The van der Waals surface area contributed by atoms with E-state index in [4.69, 9.17) is 0 Å². The highest BCUT2D eigenvalue weighted by molar-refractivity contribution is 8.00. The van der Waals surface area contributed by atoms with Gasteiger partial charge in [0, 0.05) is 18.2 Å². The summed E-state index contributed by atoms with van der Waals surface area (Å²) in [4.78, 5) is 4.44. The van der Waals surface area contributed by atoms with Crippen molar-refractivity contribution in [3.05, 3.63) is 5.82 Å². The van der Waals surface area contributed by atoms with Crippen LogP contribution in [0.5, 0.6) is 0 Å². The van der Waals surface area contributed by atoms with Gasteiger partial charge in [0.15, 0.2) is 4.34 Å². The minimum Gasteiger partial charge on any atom is -0.297 e. The molecule has 1 rings (SSSR count). The highest BCUT2D eigenvalue weighted by Gasteiger charge is 2.23. The van der Waals surface area contributed by atoms with Crippen LogP contribution in [0.15, 0.2) is 4.34 Å². The first-order chi connectivity index (χ1) is 9.49. The quantitative estimate of drug-likeness (QED) is 0.557. The second-order valence-corrected chi connectivity index (χ2v) is 7.47. The van der Waals surface area contributed by atoms with E-state index in [0.29, 0.717) is 6.04 Å². The molecule has 0 amide bonds. The molecule has 0 bridgehead atoms. The van der Waals surface area contributed by atoms with Crippen LogP contribution < -0.4 is 5.32 Å². The third kappa shape index (κ3) is 6.21. The van der Waals surface area contributed by atoms with Crippen LogP contribution in [0.2, 0.25) is 0 Å². The first-order valence-electron chi connectivity index (χ1n) is 7.13. The molecule has 0 spiro atoms. The van der Waals surface area contributed by atoms with Gasteiger partial charge in [-0.2, -0.15) is 9.64 Å². The zero-order chi connectivity index (χ0) is 15.0. The monoisotopic (exact) mass is 312 g/mol. The molecule has 0 radical (unpaired) electrons. The molecular formula is C14H24N4S2. The fourth-order valence-corrected chi connectivity index (χ4v) is 3.74. The molecule has 0 saturated carbocycles. The summed E-state index contributed by atoms with van der Waals surface area (Å²) in [6, 6.07) is 2.73. The average molecular weight is 313 g/mol. The molecular weight excluding hydrogens is 288 g/mol. The molecule has 0 aromatic carbocycles. The van der Waals surface area contributed by atoms with Crippen LogP contribution in [0, 0.1) is 11.3 Å². The maximum absolute atomic E-state index is 9.26. The van der Waals surface area contributed by atoms with Gasteiger partial charge in [-0.3, -0.25) is 5.32 Å². The number of aryl methyl sites for hydroxylation is 1. The zero-order valence-corrected chi connectivity index (χ0v) is 14.4. The Labute approximate surface area is 130 Å². The Kier molecular flexibility index (Phi) is 7.49. The van der Waals surface area contributed by atoms with E-state index in [2.05, 4.69) is 41.5 Å². The predicted molar refractivity (Wildman–Crippen MR) is 86.2 cm³/mol. The smallest absolute Gasteiger partial charge is 0.170 e. The highest BCUT2D eigenvalue weighted by atomic mass is 32.2. The minimum atomic E-state index is -0.406. The topological polar surface area (TPSA) is 61.6 Å². The second-order valence-electron chi connectivity index (χ2n) is 5.38. The van der Waals surface area contributed by atoms with Gasteiger partial charge in [0.2, 0.25) is 0 Å². The SMILES string of the molecule is CCc1nsc(SCCCCC(C)(C#N)NC(C)C)n1. The normalized spacial score (nSPS) is 14.2. The summed E-state index contributed by atoms with van der Waals surface area (Å²) in [6.07, 6.45) is 3.94. The maximum atomic E-state index is 9.26. The van der Waals surface area contributed by atoms with Gasteiger partial charge < -0.3 is 0 Å². The maximum Gasteiger partial charge on any atom is 0.170 e. The van der Waals surface area contributed by atoms with Crippen molar-refractivity contribution in [1.29, 1.82) is 5.26 Å². The number of nitriles is 1. The molecule has 0 saturated heterocycles. The molecule has 1 aromatic heterocycles. The van der Waals surface area contributed by atoms with Gasteiger partial charge in [-0.15, -0.1) is 0 Å². The van der Waals surface area contributed by atoms with Crippen molar-refractivity contribution < 1.29 is 0 Å². The van der Waals surface area contributed by atoms with Gasteiger partial charge in [-0.25, -0.2) is 4.98 Å². The van der Waals surface area contributed by atoms with Crippen molar-refractivity contribution in [3.8, 4) is 6.07 Å². The number of hydrogen-bond donors (Lipinski definition) is 1.